The van der Waals surface area contributed by atoms with E-state index < -0.39 is 0 Å². The molecule has 0 radical (unpaired) electrons. The highest BCUT2D eigenvalue weighted by molar-refractivity contribution is 6.31. The van der Waals surface area contributed by atoms with Crippen LogP contribution in [0.1, 0.15) is 46.1 Å². The predicted octanol–water partition coefficient (Wildman–Crippen LogP) is 4.46. The van der Waals surface area contributed by atoms with E-state index in [1.165, 1.54) is 24.1 Å². The summed E-state index contributed by atoms with van der Waals surface area (Å²) in [5, 5.41) is 4.37. The summed E-state index contributed by atoms with van der Waals surface area (Å²) >= 11 is 6.45. The second kappa shape index (κ2) is 6.82. The zero-order chi connectivity index (χ0) is 14.7. The number of rotatable bonds is 4. The molecule has 2 atom stereocenters. The van der Waals surface area contributed by atoms with Crippen molar-refractivity contribution in [3.05, 3.63) is 28.8 Å². The number of piperidine rings is 1. The average molecular weight is 295 g/mol. The highest BCUT2D eigenvalue weighted by Gasteiger charge is 2.26. The molecule has 1 heterocycles. The summed E-state index contributed by atoms with van der Waals surface area (Å²) in [6.07, 6.45) is 2.60. The lowest BCUT2D eigenvalue weighted by Crippen LogP contribution is -2.43. The Kier molecular flexibility index (Phi) is 5.34. The monoisotopic (exact) mass is 294 g/mol. The maximum absolute atomic E-state index is 6.45. The van der Waals surface area contributed by atoms with Crippen molar-refractivity contribution < 1.29 is 0 Å². The Labute approximate surface area is 128 Å². The summed E-state index contributed by atoms with van der Waals surface area (Å²) in [6.45, 7) is 11.0. The van der Waals surface area contributed by atoms with Crippen LogP contribution in [-0.2, 0) is 6.54 Å². The summed E-state index contributed by atoms with van der Waals surface area (Å²) in [7, 11) is 0. The van der Waals surface area contributed by atoms with E-state index in [0.717, 1.165) is 24.0 Å². The second-order valence-corrected chi connectivity index (χ2v) is 6.73. The van der Waals surface area contributed by atoms with Gasteiger partial charge in [-0.15, -0.1) is 0 Å². The molecule has 2 unspecified atom stereocenters. The first-order valence-electron chi connectivity index (χ1n) is 7.78. The highest BCUT2D eigenvalue weighted by Crippen LogP contribution is 2.33. The topological polar surface area (TPSA) is 15.3 Å². The Bertz CT molecular complexity index is 445. The molecule has 1 fully saturated rings. The standard InChI is InChI=1S/C17H27ClN2/c1-12(2)19-11-15-16(18)8-5-9-17(15)20-10-6-7-13(3)14(20)4/h5,8-9,12-14,19H,6-7,10-11H2,1-4H3. The number of hydrogen-bond donors (Lipinski definition) is 1. The fraction of sp³-hybridized carbons (Fsp3) is 0.647. The van der Waals surface area contributed by atoms with E-state index in [4.69, 9.17) is 11.6 Å². The maximum Gasteiger partial charge on any atom is 0.0471 e. The van der Waals surface area contributed by atoms with E-state index in [2.05, 4.69) is 50.0 Å². The summed E-state index contributed by atoms with van der Waals surface area (Å²) in [5.41, 5.74) is 2.55. The van der Waals surface area contributed by atoms with E-state index >= 15 is 0 Å². The number of halogens is 1. The molecule has 2 rings (SSSR count). The minimum Gasteiger partial charge on any atom is -0.368 e. The zero-order valence-corrected chi connectivity index (χ0v) is 13.9. The van der Waals surface area contributed by atoms with Gasteiger partial charge in [0.2, 0.25) is 0 Å². The van der Waals surface area contributed by atoms with Crippen molar-refractivity contribution in [1.82, 2.24) is 5.32 Å². The van der Waals surface area contributed by atoms with E-state index in [1.807, 2.05) is 6.07 Å². The molecule has 0 amide bonds. The quantitative estimate of drug-likeness (QED) is 0.882. The van der Waals surface area contributed by atoms with Crippen molar-refractivity contribution >= 4 is 17.3 Å². The molecule has 0 spiro atoms. The fourth-order valence-electron chi connectivity index (χ4n) is 2.97. The van der Waals surface area contributed by atoms with Crippen molar-refractivity contribution in [2.75, 3.05) is 11.4 Å². The zero-order valence-electron chi connectivity index (χ0n) is 13.1. The Morgan fingerprint density at radius 1 is 1.35 bits per heavy atom. The molecule has 20 heavy (non-hydrogen) atoms. The first kappa shape index (κ1) is 15.7. The molecule has 1 aromatic carbocycles. The van der Waals surface area contributed by atoms with Gasteiger partial charge in [0.15, 0.2) is 0 Å². The highest BCUT2D eigenvalue weighted by atomic mass is 35.5. The van der Waals surface area contributed by atoms with Crippen LogP contribution >= 0.6 is 11.6 Å². The number of anilines is 1. The van der Waals surface area contributed by atoms with Crippen molar-refractivity contribution in [1.29, 1.82) is 0 Å². The number of benzene rings is 1. The molecule has 3 heteroatoms. The molecular formula is C17H27ClN2. The SMILES string of the molecule is CC(C)NCc1c(Cl)cccc1N1CCCC(C)C1C. The van der Waals surface area contributed by atoms with Gasteiger partial charge in [-0.25, -0.2) is 0 Å². The molecular weight excluding hydrogens is 268 g/mol. The van der Waals surface area contributed by atoms with Gasteiger partial charge in [-0.2, -0.15) is 0 Å². The Morgan fingerprint density at radius 3 is 2.80 bits per heavy atom. The third-order valence-electron chi connectivity index (χ3n) is 4.46. The Balaban J connectivity index is 2.28. The predicted molar refractivity (Wildman–Crippen MR) is 88.6 cm³/mol. The summed E-state index contributed by atoms with van der Waals surface area (Å²) < 4.78 is 0. The summed E-state index contributed by atoms with van der Waals surface area (Å²) in [4.78, 5) is 2.54. The lowest BCUT2D eigenvalue weighted by molar-refractivity contribution is 0.363. The molecule has 1 aromatic rings. The molecule has 1 aliphatic heterocycles. The lowest BCUT2D eigenvalue weighted by Gasteiger charge is -2.40. The van der Waals surface area contributed by atoms with Crippen molar-refractivity contribution in [3.8, 4) is 0 Å². The molecule has 1 N–H and O–H groups in total. The van der Waals surface area contributed by atoms with Gasteiger partial charge in [0.1, 0.15) is 0 Å². The molecule has 0 aromatic heterocycles. The van der Waals surface area contributed by atoms with Gasteiger partial charge in [0.05, 0.1) is 0 Å². The van der Waals surface area contributed by atoms with Crippen LogP contribution in [-0.4, -0.2) is 18.6 Å². The third kappa shape index (κ3) is 3.48. The van der Waals surface area contributed by atoms with Gasteiger partial charge in [-0.3, -0.25) is 0 Å². The van der Waals surface area contributed by atoms with Crippen LogP contribution in [0.5, 0.6) is 0 Å². The van der Waals surface area contributed by atoms with Gasteiger partial charge in [-0.1, -0.05) is 38.4 Å². The Hall–Kier alpha value is -0.730. The largest absolute Gasteiger partial charge is 0.368 e. The molecule has 0 aliphatic carbocycles. The van der Waals surface area contributed by atoms with Crippen LogP contribution in [0.15, 0.2) is 18.2 Å². The minimum atomic E-state index is 0.469. The van der Waals surface area contributed by atoms with Crippen molar-refractivity contribution in [2.45, 2.75) is 59.2 Å². The first-order valence-corrected chi connectivity index (χ1v) is 8.16. The maximum atomic E-state index is 6.45. The van der Waals surface area contributed by atoms with Gasteiger partial charge in [0, 0.05) is 41.4 Å². The summed E-state index contributed by atoms with van der Waals surface area (Å²) in [5.74, 6) is 0.744. The second-order valence-electron chi connectivity index (χ2n) is 6.33. The number of nitrogens with zero attached hydrogens (tertiary/aromatic N) is 1. The first-order chi connectivity index (χ1) is 9.50. The lowest BCUT2D eigenvalue weighted by atomic mass is 9.91. The van der Waals surface area contributed by atoms with Crippen LogP contribution in [0.25, 0.3) is 0 Å². The van der Waals surface area contributed by atoms with Crippen LogP contribution < -0.4 is 10.2 Å². The van der Waals surface area contributed by atoms with E-state index in [0.29, 0.717) is 12.1 Å². The average Bonchev–Trinajstić information content (AvgIpc) is 2.40. The van der Waals surface area contributed by atoms with Gasteiger partial charge < -0.3 is 10.2 Å². The van der Waals surface area contributed by atoms with Crippen LogP contribution in [0.4, 0.5) is 5.69 Å². The van der Waals surface area contributed by atoms with E-state index in [-0.39, 0.29) is 0 Å². The summed E-state index contributed by atoms with van der Waals surface area (Å²) in [6, 6.07) is 7.35. The minimum absolute atomic E-state index is 0.469. The Morgan fingerprint density at radius 2 is 2.10 bits per heavy atom. The number of hydrogen-bond acceptors (Lipinski definition) is 2. The number of nitrogens with one attached hydrogen (secondary N) is 1. The van der Waals surface area contributed by atoms with E-state index in [1.54, 1.807) is 0 Å². The smallest absolute Gasteiger partial charge is 0.0471 e. The molecule has 2 nitrogen and oxygen atoms in total. The van der Waals surface area contributed by atoms with Gasteiger partial charge in [-0.05, 0) is 37.8 Å². The van der Waals surface area contributed by atoms with Gasteiger partial charge >= 0.3 is 0 Å². The molecule has 0 saturated carbocycles. The van der Waals surface area contributed by atoms with Crippen molar-refractivity contribution in [2.24, 2.45) is 5.92 Å². The van der Waals surface area contributed by atoms with Gasteiger partial charge in [0.25, 0.3) is 0 Å². The van der Waals surface area contributed by atoms with Crippen LogP contribution in [0, 0.1) is 5.92 Å². The molecule has 0 bridgehead atoms. The molecule has 112 valence electrons. The third-order valence-corrected chi connectivity index (χ3v) is 4.82. The van der Waals surface area contributed by atoms with Crippen molar-refractivity contribution in [3.63, 3.8) is 0 Å². The molecule has 1 aliphatic rings. The fourth-order valence-corrected chi connectivity index (χ4v) is 3.21. The van der Waals surface area contributed by atoms with Crippen LogP contribution in [0.3, 0.4) is 0 Å². The normalized spacial score (nSPS) is 23.4. The molecule has 1 saturated heterocycles. The van der Waals surface area contributed by atoms with E-state index in [9.17, 15) is 0 Å². The van der Waals surface area contributed by atoms with Crippen LogP contribution in [0.2, 0.25) is 5.02 Å².